The van der Waals surface area contributed by atoms with Crippen molar-refractivity contribution in [2.24, 2.45) is 11.1 Å². The van der Waals surface area contributed by atoms with E-state index in [1.807, 2.05) is 0 Å². The third-order valence-corrected chi connectivity index (χ3v) is 3.06. The summed E-state index contributed by atoms with van der Waals surface area (Å²) >= 11 is 0. The van der Waals surface area contributed by atoms with Gasteiger partial charge in [-0.25, -0.2) is 0 Å². The summed E-state index contributed by atoms with van der Waals surface area (Å²) in [4.78, 5) is 11.7. The Balaban J connectivity index is 3.17. The Morgan fingerprint density at radius 3 is 2.38 bits per heavy atom. The summed E-state index contributed by atoms with van der Waals surface area (Å²) in [5.41, 5.74) is 4.59. The monoisotopic (exact) mass is 307 g/mol. The molecule has 8 heteroatoms. The summed E-state index contributed by atoms with van der Waals surface area (Å²) in [7, 11) is 1.17. The molecule has 0 spiro atoms. The number of halogens is 3. The van der Waals surface area contributed by atoms with E-state index in [0.717, 1.165) is 18.2 Å². The maximum atomic E-state index is 12.2. The van der Waals surface area contributed by atoms with E-state index in [0.29, 0.717) is 0 Å². The molecule has 0 saturated carbocycles. The molecule has 0 unspecified atom stereocenters. The minimum Gasteiger partial charge on any atom is -0.508 e. The van der Waals surface area contributed by atoms with E-state index in [9.17, 15) is 23.1 Å². The van der Waals surface area contributed by atoms with Crippen molar-refractivity contribution in [1.29, 1.82) is 0 Å². The summed E-state index contributed by atoms with van der Waals surface area (Å²) in [5, 5.41) is 9.75. The molecule has 0 aliphatic carbocycles. The highest BCUT2D eigenvalue weighted by molar-refractivity contribution is 5.77. The number of ether oxygens (including phenoxy) is 2. The number of phenolic OH excluding ortho intramolecular Hbond substituents is 1. The molecule has 0 radical (unpaired) electrons. The van der Waals surface area contributed by atoms with Crippen molar-refractivity contribution in [1.82, 2.24) is 0 Å². The second-order valence-electron chi connectivity index (χ2n) is 4.96. The van der Waals surface area contributed by atoms with Crippen LogP contribution in [0.2, 0.25) is 0 Å². The number of methoxy groups -OCH3 is 1. The van der Waals surface area contributed by atoms with Crippen molar-refractivity contribution in [2.45, 2.75) is 26.3 Å². The molecule has 1 atom stereocenters. The van der Waals surface area contributed by atoms with Gasteiger partial charge in [-0.05, 0) is 32.0 Å². The van der Waals surface area contributed by atoms with Gasteiger partial charge in [0, 0.05) is 11.6 Å². The van der Waals surface area contributed by atoms with Crippen LogP contribution in [0.25, 0.3) is 0 Å². The third kappa shape index (κ3) is 4.01. The van der Waals surface area contributed by atoms with Crippen molar-refractivity contribution in [2.75, 3.05) is 7.11 Å². The zero-order valence-electron chi connectivity index (χ0n) is 11.7. The number of phenols is 1. The summed E-state index contributed by atoms with van der Waals surface area (Å²) in [5.74, 6) is -1.53. The van der Waals surface area contributed by atoms with Gasteiger partial charge in [0.2, 0.25) is 0 Å². The van der Waals surface area contributed by atoms with Crippen LogP contribution in [0.1, 0.15) is 25.5 Å². The van der Waals surface area contributed by atoms with Gasteiger partial charge in [0.25, 0.3) is 0 Å². The van der Waals surface area contributed by atoms with Crippen molar-refractivity contribution < 1.29 is 32.5 Å². The number of esters is 1. The topological polar surface area (TPSA) is 81.8 Å². The molecule has 21 heavy (non-hydrogen) atoms. The molecule has 3 N–H and O–H groups in total. The normalized spacial score (nSPS) is 13.7. The first kappa shape index (κ1) is 17.1. The number of alkyl halides is 3. The zero-order chi connectivity index (χ0) is 16.4. The van der Waals surface area contributed by atoms with Crippen molar-refractivity contribution in [3.05, 3.63) is 23.8 Å². The Morgan fingerprint density at radius 2 is 1.90 bits per heavy atom. The van der Waals surface area contributed by atoms with Crippen LogP contribution >= 0.6 is 0 Å². The number of carbonyl (C=O) groups is 1. The van der Waals surface area contributed by atoms with E-state index in [1.165, 1.54) is 21.0 Å². The number of hydrogen-bond acceptors (Lipinski definition) is 5. The average Bonchev–Trinajstić information content (AvgIpc) is 2.37. The number of nitrogens with two attached hydrogens (primary N) is 1. The second-order valence-corrected chi connectivity index (χ2v) is 4.96. The first-order valence-electron chi connectivity index (χ1n) is 5.91. The summed E-state index contributed by atoms with van der Waals surface area (Å²) in [6, 6.07) is 1.83. The maximum absolute atomic E-state index is 12.2. The molecule has 0 aliphatic rings. The fourth-order valence-electron chi connectivity index (χ4n) is 1.76. The van der Waals surface area contributed by atoms with Gasteiger partial charge in [0.15, 0.2) is 0 Å². The number of aromatic hydroxyl groups is 1. The Hall–Kier alpha value is -1.96. The Bertz CT molecular complexity index is 529. The summed E-state index contributed by atoms with van der Waals surface area (Å²) < 4.78 is 45.0. The molecular weight excluding hydrogens is 291 g/mol. The van der Waals surface area contributed by atoms with Gasteiger partial charge in [-0.15, -0.1) is 13.2 Å². The third-order valence-electron chi connectivity index (χ3n) is 3.06. The van der Waals surface area contributed by atoms with Gasteiger partial charge < -0.3 is 20.3 Å². The van der Waals surface area contributed by atoms with Gasteiger partial charge in [-0.3, -0.25) is 4.79 Å². The Labute approximate surface area is 119 Å². The van der Waals surface area contributed by atoms with Gasteiger partial charge in [-0.2, -0.15) is 0 Å². The number of rotatable bonds is 4. The SMILES string of the molecule is COC(=O)C(C)(C)[C@H](N)c1cc(OC(F)(F)F)ccc1O. The highest BCUT2D eigenvalue weighted by Crippen LogP contribution is 2.39. The summed E-state index contributed by atoms with van der Waals surface area (Å²) in [6.07, 6.45) is -4.86. The standard InChI is InChI=1S/C13H16F3NO4/c1-12(2,11(19)20-3)10(17)8-6-7(4-5-9(8)18)21-13(14,15)16/h4-6,10,18H,17H2,1-3H3/t10-/m1/s1. The molecule has 0 fully saturated rings. The molecule has 0 heterocycles. The highest BCUT2D eigenvalue weighted by atomic mass is 19.4. The maximum Gasteiger partial charge on any atom is 0.573 e. The number of carbonyl (C=O) groups excluding carboxylic acids is 1. The lowest BCUT2D eigenvalue weighted by molar-refractivity contribution is -0.274. The largest absolute Gasteiger partial charge is 0.573 e. The molecular formula is C13H16F3NO4. The molecule has 5 nitrogen and oxygen atoms in total. The van der Waals surface area contributed by atoms with E-state index >= 15 is 0 Å². The van der Waals surface area contributed by atoms with E-state index < -0.39 is 29.5 Å². The molecule has 0 saturated heterocycles. The van der Waals surface area contributed by atoms with Crippen LogP contribution in [0.4, 0.5) is 13.2 Å². The van der Waals surface area contributed by atoms with Crippen LogP contribution in [0.3, 0.4) is 0 Å². The van der Waals surface area contributed by atoms with Crippen LogP contribution in [0, 0.1) is 5.41 Å². The molecule has 0 amide bonds. The second kappa shape index (κ2) is 5.80. The van der Waals surface area contributed by atoms with Crippen molar-refractivity contribution in [3.8, 4) is 11.5 Å². The highest BCUT2D eigenvalue weighted by Gasteiger charge is 2.38. The zero-order valence-corrected chi connectivity index (χ0v) is 11.7. The molecule has 0 aromatic heterocycles. The molecule has 1 aromatic rings. The predicted octanol–water partition coefficient (Wildman–Crippen LogP) is 2.49. The van der Waals surface area contributed by atoms with E-state index in [1.54, 1.807) is 0 Å². The van der Waals surface area contributed by atoms with E-state index in [4.69, 9.17) is 5.73 Å². The van der Waals surface area contributed by atoms with Crippen LogP contribution in [-0.4, -0.2) is 24.5 Å². The van der Waals surface area contributed by atoms with Crippen LogP contribution < -0.4 is 10.5 Å². The minimum atomic E-state index is -4.86. The lowest BCUT2D eigenvalue weighted by Crippen LogP contribution is -2.37. The average molecular weight is 307 g/mol. The van der Waals surface area contributed by atoms with Crippen molar-refractivity contribution >= 4 is 5.97 Å². The van der Waals surface area contributed by atoms with Gasteiger partial charge >= 0.3 is 12.3 Å². The number of hydrogen-bond donors (Lipinski definition) is 2. The first-order chi connectivity index (χ1) is 9.49. The molecule has 1 aromatic carbocycles. The number of benzene rings is 1. The first-order valence-corrected chi connectivity index (χ1v) is 5.91. The van der Waals surface area contributed by atoms with Gasteiger partial charge in [0.1, 0.15) is 11.5 Å². The Kier molecular flexibility index (Phi) is 4.72. The molecule has 1 rings (SSSR count). The van der Waals surface area contributed by atoms with Crippen LogP contribution in [0.5, 0.6) is 11.5 Å². The van der Waals surface area contributed by atoms with Crippen molar-refractivity contribution in [3.63, 3.8) is 0 Å². The fraction of sp³-hybridized carbons (Fsp3) is 0.462. The van der Waals surface area contributed by atoms with Gasteiger partial charge in [0.05, 0.1) is 12.5 Å². The molecule has 118 valence electrons. The van der Waals surface area contributed by atoms with Crippen LogP contribution in [0.15, 0.2) is 18.2 Å². The quantitative estimate of drug-likeness (QED) is 0.835. The molecule has 0 bridgehead atoms. The lowest BCUT2D eigenvalue weighted by atomic mass is 9.80. The van der Waals surface area contributed by atoms with E-state index in [-0.39, 0.29) is 11.3 Å². The van der Waals surface area contributed by atoms with Gasteiger partial charge in [-0.1, -0.05) is 0 Å². The molecule has 0 aliphatic heterocycles. The summed E-state index contributed by atoms with van der Waals surface area (Å²) in [6.45, 7) is 2.92. The lowest BCUT2D eigenvalue weighted by Gasteiger charge is -2.29. The Morgan fingerprint density at radius 1 is 1.33 bits per heavy atom. The smallest absolute Gasteiger partial charge is 0.508 e. The van der Waals surface area contributed by atoms with E-state index in [2.05, 4.69) is 9.47 Å². The fourth-order valence-corrected chi connectivity index (χ4v) is 1.76. The predicted molar refractivity (Wildman–Crippen MR) is 67.5 cm³/mol. The van der Waals surface area contributed by atoms with Crippen LogP contribution in [-0.2, 0) is 9.53 Å². The minimum absolute atomic E-state index is 0.0489.